The first-order chi connectivity index (χ1) is 7.15. The fraction of sp³-hybridized carbons (Fsp3) is 0.818. The maximum Gasteiger partial charge on any atom is 0.317 e. The molecule has 1 rings (SSSR count). The van der Waals surface area contributed by atoms with Gasteiger partial charge in [-0.3, -0.25) is 0 Å². The van der Waals surface area contributed by atoms with Crippen LogP contribution in [-0.2, 0) is 0 Å². The number of amides is 2. The number of nitriles is 1. The minimum Gasteiger partial charge on any atom is -0.335 e. The predicted octanol–water partition coefficient (Wildman–Crippen LogP) is 1.87. The number of hydrogen-bond acceptors (Lipinski definition) is 2. The van der Waals surface area contributed by atoms with Crippen molar-refractivity contribution in [2.75, 3.05) is 6.54 Å². The van der Waals surface area contributed by atoms with E-state index >= 15 is 0 Å². The minimum absolute atomic E-state index is 0.0232. The Kier molecular flexibility index (Phi) is 4.41. The van der Waals surface area contributed by atoms with Crippen molar-refractivity contribution in [1.82, 2.24) is 10.2 Å². The number of nitrogens with one attached hydrogen (secondary N) is 1. The quantitative estimate of drug-likeness (QED) is 0.768. The Morgan fingerprint density at radius 2 is 2.27 bits per heavy atom. The summed E-state index contributed by atoms with van der Waals surface area (Å²) in [4.78, 5) is 13.5. The molecular weight excluding hydrogens is 190 g/mol. The molecule has 0 aromatic rings. The summed E-state index contributed by atoms with van der Waals surface area (Å²) in [7, 11) is 0. The topological polar surface area (TPSA) is 56.1 Å². The van der Waals surface area contributed by atoms with Gasteiger partial charge in [0.15, 0.2) is 0 Å². The van der Waals surface area contributed by atoms with Crippen LogP contribution in [0.2, 0.25) is 0 Å². The highest BCUT2D eigenvalue weighted by atomic mass is 16.2. The van der Waals surface area contributed by atoms with Gasteiger partial charge >= 0.3 is 6.03 Å². The van der Waals surface area contributed by atoms with Crippen molar-refractivity contribution in [2.45, 2.75) is 51.6 Å². The zero-order chi connectivity index (χ0) is 11.3. The van der Waals surface area contributed by atoms with Gasteiger partial charge in [0, 0.05) is 18.6 Å². The van der Waals surface area contributed by atoms with Gasteiger partial charge in [0.25, 0.3) is 0 Å². The average molecular weight is 209 g/mol. The number of urea groups is 1. The number of nitrogens with zero attached hydrogens (tertiary/aromatic N) is 2. The van der Waals surface area contributed by atoms with E-state index in [1.807, 2.05) is 13.8 Å². The maximum atomic E-state index is 11.8. The molecule has 1 aliphatic carbocycles. The molecule has 2 amide bonds. The summed E-state index contributed by atoms with van der Waals surface area (Å²) in [5.41, 5.74) is 0. The summed E-state index contributed by atoms with van der Waals surface area (Å²) in [6.45, 7) is 4.46. The normalized spacial score (nSPS) is 15.6. The number of carbonyl (C=O) groups is 1. The van der Waals surface area contributed by atoms with Gasteiger partial charge in [-0.05, 0) is 33.1 Å². The minimum atomic E-state index is -0.0232. The van der Waals surface area contributed by atoms with Crippen molar-refractivity contribution in [3.05, 3.63) is 0 Å². The van der Waals surface area contributed by atoms with Gasteiger partial charge < -0.3 is 10.2 Å². The summed E-state index contributed by atoms with van der Waals surface area (Å²) in [5.74, 6) is 0. The third kappa shape index (κ3) is 3.43. The SMILES string of the molecule is CC(C)N(CCC#N)C(=O)NC1CCC1. The summed E-state index contributed by atoms with van der Waals surface area (Å²) >= 11 is 0. The zero-order valence-corrected chi connectivity index (χ0v) is 9.49. The first kappa shape index (κ1) is 11.8. The highest BCUT2D eigenvalue weighted by Gasteiger charge is 2.23. The second kappa shape index (κ2) is 5.59. The highest BCUT2D eigenvalue weighted by molar-refractivity contribution is 5.74. The van der Waals surface area contributed by atoms with Gasteiger partial charge in [0.05, 0.1) is 12.5 Å². The van der Waals surface area contributed by atoms with E-state index in [9.17, 15) is 4.79 Å². The van der Waals surface area contributed by atoms with E-state index in [1.54, 1.807) is 4.90 Å². The Morgan fingerprint density at radius 3 is 2.67 bits per heavy atom. The van der Waals surface area contributed by atoms with E-state index < -0.39 is 0 Å². The Morgan fingerprint density at radius 1 is 1.60 bits per heavy atom. The van der Waals surface area contributed by atoms with Crippen LogP contribution in [0.4, 0.5) is 4.79 Å². The molecule has 0 radical (unpaired) electrons. The molecule has 1 saturated carbocycles. The van der Waals surface area contributed by atoms with Gasteiger partial charge in [-0.2, -0.15) is 5.26 Å². The van der Waals surface area contributed by atoms with Crippen LogP contribution in [-0.4, -0.2) is 29.6 Å². The van der Waals surface area contributed by atoms with E-state index in [-0.39, 0.29) is 12.1 Å². The lowest BCUT2D eigenvalue weighted by atomic mass is 9.93. The van der Waals surface area contributed by atoms with E-state index in [4.69, 9.17) is 5.26 Å². The highest BCUT2D eigenvalue weighted by Crippen LogP contribution is 2.18. The van der Waals surface area contributed by atoms with Crippen molar-refractivity contribution in [3.63, 3.8) is 0 Å². The Labute approximate surface area is 91.2 Å². The fourth-order valence-electron chi connectivity index (χ4n) is 1.57. The van der Waals surface area contributed by atoms with Crippen LogP contribution in [0, 0.1) is 11.3 Å². The van der Waals surface area contributed by atoms with Gasteiger partial charge in [-0.25, -0.2) is 4.79 Å². The van der Waals surface area contributed by atoms with Gasteiger partial charge in [0.1, 0.15) is 0 Å². The Bertz CT molecular complexity index is 253. The lowest BCUT2D eigenvalue weighted by Crippen LogP contribution is -2.49. The van der Waals surface area contributed by atoms with Crippen molar-refractivity contribution in [2.24, 2.45) is 0 Å². The molecule has 1 aliphatic rings. The molecule has 0 aromatic heterocycles. The van der Waals surface area contributed by atoms with Crippen molar-refractivity contribution >= 4 is 6.03 Å². The Hall–Kier alpha value is -1.24. The molecule has 0 bridgehead atoms. The molecule has 0 heterocycles. The van der Waals surface area contributed by atoms with Crippen molar-refractivity contribution in [1.29, 1.82) is 5.26 Å². The standard InChI is InChI=1S/C11H19N3O/c1-9(2)14(8-4-7-12)11(15)13-10-5-3-6-10/h9-10H,3-6,8H2,1-2H3,(H,13,15). The van der Waals surface area contributed by atoms with E-state index in [1.165, 1.54) is 6.42 Å². The average Bonchev–Trinajstić information content (AvgIpc) is 2.11. The largest absolute Gasteiger partial charge is 0.335 e. The van der Waals surface area contributed by atoms with Crippen molar-refractivity contribution in [3.8, 4) is 6.07 Å². The van der Waals surface area contributed by atoms with Crippen LogP contribution in [0.25, 0.3) is 0 Å². The number of hydrogen-bond donors (Lipinski definition) is 1. The zero-order valence-electron chi connectivity index (χ0n) is 9.49. The van der Waals surface area contributed by atoms with Crippen LogP contribution in [0.3, 0.4) is 0 Å². The molecule has 15 heavy (non-hydrogen) atoms. The second-order valence-corrected chi connectivity index (χ2v) is 4.27. The number of carbonyl (C=O) groups excluding carboxylic acids is 1. The number of rotatable bonds is 4. The molecule has 0 saturated heterocycles. The van der Waals surface area contributed by atoms with E-state index in [0.29, 0.717) is 19.0 Å². The molecule has 1 N–H and O–H groups in total. The lowest BCUT2D eigenvalue weighted by molar-refractivity contribution is 0.174. The maximum absolute atomic E-state index is 11.8. The van der Waals surface area contributed by atoms with E-state index in [0.717, 1.165) is 12.8 Å². The van der Waals surface area contributed by atoms with Gasteiger partial charge in [0.2, 0.25) is 0 Å². The van der Waals surface area contributed by atoms with Crippen LogP contribution in [0.15, 0.2) is 0 Å². The fourth-order valence-corrected chi connectivity index (χ4v) is 1.57. The molecule has 0 aliphatic heterocycles. The van der Waals surface area contributed by atoms with Crippen LogP contribution >= 0.6 is 0 Å². The smallest absolute Gasteiger partial charge is 0.317 e. The third-order valence-corrected chi connectivity index (χ3v) is 2.78. The monoisotopic (exact) mass is 209 g/mol. The summed E-state index contributed by atoms with van der Waals surface area (Å²) in [5, 5.41) is 11.5. The second-order valence-electron chi connectivity index (χ2n) is 4.27. The predicted molar refractivity (Wildman–Crippen MR) is 58.2 cm³/mol. The Balaban J connectivity index is 2.39. The van der Waals surface area contributed by atoms with Crippen LogP contribution in [0.5, 0.6) is 0 Å². The van der Waals surface area contributed by atoms with Gasteiger partial charge in [-0.15, -0.1) is 0 Å². The molecule has 0 unspecified atom stereocenters. The lowest BCUT2D eigenvalue weighted by Gasteiger charge is -2.32. The molecule has 0 atom stereocenters. The van der Waals surface area contributed by atoms with Crippen molar-refractivity contribution < 1.29 is 4.79 Å². The molecule has 4 nitrogen and oxygen atoms in total. The first-order valence-electron chi connectivity index (χ1n) is 5.59. The van der Waals surface area contributed by atoms with Crippen LogP contribution in [0.1, 0.15) is 39.5 Å². The summed E-state index contributed by atoms with van der Waals surface area (Å²) in [6.07, 6.45) is 3.80. The molecular formula is C11H19N3O. The summed E-state index contributed by atoms with van der Waals surface area (Å²) < 4.78 is 0. The molecule has 0 spiro atoms. The molecule has 4 heteroatoms. The summed E-state index contributed by atoms with van der Waals surface area (Å²) in [6, 6.07) is 2.56. The first-order valence-corrected chi connectivity index (χ1v) is 5.59. The molecule has 1 fully saturated rings. The van der Waals surface area contributed by atoms with Crippen LogP contribution < -0.4 is 5.32 Å². The molecule has 84 valence electrons. The van der Waals surface area contributed by atoms with E-state index in [2.05, 4.69) is 11.4 Å². The van der Waals surface area contributed by atoms with Gasteiger partial charge in [-0.1, -0.05) is 0 Å². The third-order valence-electron chi connectivity index (χ3n) is 2.78. The molecule has 0 aromatic carbocycles.